The fraction of sp³-hybridized carbons (Fsp3) is 0.429. The zero-order valence-electron chi connectivity index (χ0n) is 11.3. The van der Waals surface area contributed by atoms with E-state index in [2.05, 4.69) is 10.3 Å². The molecular formula is C14H17N3O2S. The van der Waals surface area contributed by atoms with Crippen molar-refractivity contribution in [2.75, 3.05) is 19.4 Å². The lowest BCUT2D eigenvalue weighted by molar-refractivity contribution is -0.0679. The maximum Gasteiger partial charge on any atom is 0.263 e. The molecule has 0 saturated heterocycles. The normalized spacial score (nSPS) is 16.9. The number of amides is 1. The maximum absolute atomic E-state index is 12.3. The number of anilines is 1. The second-order valence-corrected chi connectivity index (χ2v) is 6.17. The number of fused-ring (bicyclic) bond motifs is 1. The Kier molecular flexibility index (Phi) is 3.35. The zero-order valence-corrected chi connectivity index (χ0v) is 12.1. The van der Waals surface area contributed by atoms with E-state index >= 15 is 0 Å². The minimum absolute atomic E-state index is 0.145. The number of hydrogen-bond acceptors (Lipinski definition) is 5. The minimum atomic E-state index is -0.181. The van der Waals surface area contributed by atoms with Gasteiger partial charge in [-0.3, -0.25) is 9.78 Å². The first-order chi connectivity index (χ1) is 9.65. The van der Waals surface area contributed by atoms with Crippen LogP contribution in [-0.4, -0.2) is 30.1 Å². The molecule has 1 saturated carbocycles. The summed E-state index contributed by atoms with van der Waals surface area (Å²) in [6, 6.07) is 3.76. The van der Waals surface area contributed by atoms with Gasteiger partial charge in [-0.25, -0.2) is 0 Å². The summed E-state index contributed by atoms with van der Waals surface area (Å²) >= 11 is 1.38. The summed E-state index contributed by atoms with van der Waals surface area (Å²) in [5, 5.41) is 2.93. The lowest BCUT2D eigenvalue weighted by Gasteiger charge is -2.40. The number of thiophene rings is 1. The van der Waals surface area contributed by atoms with Crippen molar-refractivity contribution in [2.24, 2.45) is 0 Å². The van der Waals surface area contributed by atoms with E-state index in [0.717, 1.165) is 24.0 Å². The predicted molar refractivity (Wildman–Crippen MR) is 80.0 cm³/mol. The van der Waals surface area contributed by atoms with Gasteiger partial charge in [0.25, 0.3) is 5.91 Å². The Hall–Kier alpha value is -1.66. The molecule has 0 bridgehead atoms. The van der Waals surface area contributed by atoms with Crippen molar-refractivity contribution in [3.05, 3.63) is 23.2 Å². The van der Waals surface area contributed by atoms with Gasteiger partial charge in [0, 0.05) is 19.9 Å². The van der Waals surface area contributed by atoms with Gasteiger partial charge in [0.2, 0.25) is 0 Å². The summed E-state index contributed by atoms with van der Waals surface area (Å²) in [6.45, 7) is 0.531. The van der Waals surface area contributed by atoms with Crippen LogP contribution in [0.2, 0.25) is 0 Å². The number of rotatable bonds is 4. The van der Waals surface area contributed by atoms with Crippen LogP contribution in [0.4, 0.5) is 5.69 Å². The number of carbonyl (C=O) groups is 1. The van der Waals surface area contributed by atoms with Crippen LogP contribution in [0.25, 0.3) is 10.2 Å². The van der Waals surface area contributed by atoms with E-state index in [1.165, 1.54) is 11.3 Å². The molecule has 1 aliphatic carbocycles. The highest BCUT2D eigenvalue weighted by atomic mass is 32.1. The van der Waals surface area contributed by atoms with Gasteiger partial charge in [0.15, 0.2) is 0 Å². The fourth-order valence-corrected chi connectivity index (χ4v) is 3.46. The number of nitrogens with one attached hydrogen (secondary N) is 1. The first kappa shape index (κ1) is 13.3. The van der Waals surface area contributed by atoms with Crippen LogP contribution in [0.1, 0.15) is 28.9 Å². The Bertz CT molecular complexity index is 643. The second-order valence-electron chi connectivity index (χ2n) is 5.12. The van der Waals surface area contributed by atoms with Crippen molar-refractivity contribution < 1.29 is 9.53 Å². The van der Waals surface area contributed by atoms with E-state index in [9.17, 15) is 4.79 Å². The van der Waals surface area contributed by atoms with Crippen LogP contribution in [0.3, 0.4) is 0 Å². The molecular weight excluding hydrogens is 274 g/mol. The molecule has 106 valence electrons. The van der Waals surface area contributed by atoms with E-state index in [-0.39, 0.29) is 11.5 Å². The third kappa shape index (κ3) is 2.14. The van der Waals surface area contributed by atoms with Gasteiger partial charge in [-0.2, -0.15) is 0 Å². The van der Waals surface area contributed by atoms with E-state index in [0.29, 0.717) is 22.6 Å². The number of hydrogen-bond donors (Lipinski definition) is 2. The van der Waals surface area contributed by atoms with Gasteiger partial charge in [0.1, 0.15) is 10.4 Å². The predicted octanol–water partition coefficient (Wildman–Crippen LogP) is 2.18. The Morgan fingerprint density at radius 1 is 1.60 bits per heavy atom. The largest absolute Gasteiger partial charge is 0.396 e. The van der Waals surface area contributed by atoms with Crippen LogP contribution >= 0.6 is 11.3 Å². The lowest BCUT2D eigenvalue weighted by atomic mass is 9.80. The number of nitrogens with two attached hydrogens (primary N) is 1. The molecule has 1 fully saturated rings. The van der Waals surface area contributed by atoms with Crippen LogP contribution in [-0.2, 0) is 4.74 Å². The summed E-state index contributed by atoms with van der Waals surface area (Å²) in [5.74, 6) is -0.145. The molecule has 0 unspecified atom stereocenters. The highest BCUT2D eigenvalue weighted by Gasteiger charge is 2.37. The molecule has 0 aliphatic heterocycles. The molecule has 0 radical (unpaired) electrons. The fourth-order valence-electron chi connectivity index (χ4n) is 2.46. The SMILES string of the molecule is COC1(CNC(=O)c2sc3cccnc3c2N)CCC1. The summed E-state index contributed by atoms with van der Waals surface area (Å²) in [4.78, 5) is 17.0. The highest BCUT2D eigenvalue weighted by molar-refractivity contribution is 7.21. The highest BCUT2D eigenvalue weighted by Crippen LogP contribution is 2.35. The van der Waals surface area contributed by atoms with E-state index in [1.54, 1.807) is 13.3 Å². The van der Waals surface area contributed by atoms with E-state index < -0.39 is 0 Å². The molecule has 2 aromatic heterocycles. The topological polar surface area (TPSA) is 77.2 Å². The molecule has 0 spiro atoms. The molecule has 2 aromatic rings. The van der Waals surface area contributed by atoms with Gasteiger partial charge < -0.3 is 15.8 Å². The third-order valence-corrected chi connectivity index (χ3v) is 5.12. The second kappa shape index (κ2) is 5.03. The number of pyridine rings is 1. The molecule has 6 heteroatoms. The third-order valence-electron chi connectivity index (χ3n) is 3.96. The van der Waals surface area contributed by atoms with Crippen molar-refractivity contribution in [3.63, 3.8) is 0 Å². The van der Waals surface area contributed by atoms with Crippen LogP contribution in [0, 0.1) is 0 Å². The monoisotopic (exact) mass is 291 g/mol. The Labute approximate surface area is 121 Å². The van der Waals surface area contributed by atoms with Crippen molar-refractivity contribution in [2.45, 2.75) is 24.9 Å². The standard InChI is InChI=1S/C14H17N3O2S/c1-19-14(5-3-6-14)8-17-13(18)12-10(15)11-9(20-12)4-2-7-16-11/h2,4,7H,3,5-6,8,15H2,1H3,(H,17,18). The van der Waals surface area contributed by atoms with E-state index in [4.69, 9.17) is 10.5 Å². The maximum atomic E-state index is 12.3. The van der Waals surface area contributed by atoms with Crippen molar-refractivity contribution in [1.82, 2.24) is 10.3 Å². The molecule has 3 N–H and O–H groups in total. The van der Waals surface area contributed by atoms with Gasteiger partial charge in [-0.1, -0.05) is 0 Å². The number of carbonyl (C=O) groups excluding carboxylic acids is 1. The first-order valence-corrected chi connectivity index (χ1v) is 7.43. The lowest BCUT2D eigenvalue weighted by Crippen LogP contribution is -2.49. The average Bonchev–Trinajstić information content (AvgIpc) is 2.76. The number of methoxy groups -OCH3 is 1. The Morgan fingerprint density at radius 2 is 2.40 bits per heavy atom. The Balaban J connectivity index is 1.77. The molecule has 1 aliphatic rings. The number of nitrogen functional groups attached to an aromatic ring is 1. The summed E-state index contributed by atoms with van der Waals surface area (Å²) in [6.07, 6.45) is 4.82. The van der Waals surface area contributed by atoms with Crippen LogP contribution in [0.5, 0.6) is 0 Å². The molecule has 0 aromatic carbocycles. The van der Waals surface area contributed by atoms with Gasteiger partial charge in [0.05, 0.1) is 16.0 Å². The van der Waals surface area contributed by atoms with Crippen LogP contribution in [0.15, 0.2) is 18.3 Å². The van der Waals surface area contributed by atoms with Crippen molar-refractivity contribution in [3.8, 4) is 0 Å². The number of nitrogens with zero attached hydrogens (tertiary/aromatic N) is 1. The van der Waals surface area contributed by atoms with Crippen LogP contribution < -0.4 is 11.1 Å². The van der Waals surface area contributed by atoms with Gasteiger partial charge in [-0.15, -0.1) is 11.3 Å². The van der Waals surface area contributed by atoms with Gasteiger partial charge >= 0.3 is 0 Å². The summed E-state index contributed by atoms with van der Waals surface area (Å²) in [7, 11) is 1.70. The smallest absolute Gasteiger partial charge is 0.263 e. The molecule has 1 amide bonds. The zero-order chi connectivity index (χ0) is 14.2. The van der Waals surface area contributed by atoms with Crippen molar-refractivity contribution >= 4 is 33.1 Å². The number of aromatic nitrogens is 1. The average molecular weight is 291 g/mol. The quantitative estimate of drug-likeness (QED) is 0.905. The Morgan fingerprint density at radius 3 is 3.00 bits per heavy atom. The summed E-state index contributed by atoms with van der Waals surface area (Å²) < 4.78 is 6.43. The number of ether oxygens (including phenoxy) is 1. The molecule has 2 heterocycles. The summed E-state index contributed by atoms with van der Waals surface area (Å²) in [5.41, 5.74) is 7.00. The first-order valence-electron chi connectivity index (χ1n) is 6.61. The molecule has 5 nitrogen and oxygen atoms in total. The van der Waals surface area contributed by atoms with Gasteiger partial charge in [-0.05, 0) is 31.4 Å². The molecule has 3 rings (SSSR count). The van der Waals surface area contributed by atoms with Crippen molar-refractivity contribution in [1.29, 1.82) is 0 Å². The van der Waals surface area contributed by atoms with E-state index in [1.807, 2.05) is 12.1 Å². The molecule has 20 heavy (non-hydrogen) atoms. The molecule has 0 atom stereocenters. The minimum Gasteiger partial charge on any atom is -0.396 e.